The summed E-state index contributed by atoms with van der Waals surface area (Å²) in [6.45, 7) is 9.05. The third-order valence-corrected chi connectivity index (χ3v) is 10.6. The van der Waals surface area contributed by atoms with Crippen molar-refractivity contribution in [2.45, 2.75) is 38.3 Å². The molecule has 1 atom stereocenters. The van der Waals surface area contributed by atoms with E-state index in [1.165, 1.54) is 10.4 Å². The Balaban J connectivity index is 1.94. The highest BCUT2D eigenvalue weighted by molar-refractivity contribution is 6.99. The summed E-state index contributed by atoms with van der Waals surface area (Å²) in [6.07, 6.45) is 3.78. The third kappa shape index (κ3) is 4.64. The van der Waals surface area contributed by atoms with Crippen molar-refractivity contribution < 1.29 is 9.53 Å². The van der Waals surface area contributed by atoms with Crippen LogP contribution in [0.1, 0.15) is 33.3 Å². The van der Waals surface area contributed by atoms with Gasteiger partial charge in [0, 0.05) is 0 Å². The van der Waals surface area contributed by atoms with Gasteiger partial charge in [0.1, 0.15) is 5.60 Å². The van der Waals surface area contributed by atoms with E-state index in [0.29, 0.717) is 6.61 Å². The van der Waals surface area contributed by atoms with E-state index in [9.17, 15) is 5.11 Å². The van der Waals surface area contributed by atoms with Gasteiger partial charge < -0.3 is 9.53 Å². The third-order valence-electron chi connectivity index (χ3n) is 5.61. The highest BCUT2D eigenvalue weighted by Gasteiger charge is 2.49. The monoisotopic (exact) mass is 416 g/mol. The second-order valence-electron chi connectivity index (χ2n) is 8.89. The lowest BCUT2D eigenvalue weighted by Crippen LogP contribution is -2.66. The molecule has 0 saturated carbocycles. The normalized spacial score (nSPS) is 14.6. The Morgan fingerprint density at radius 2 is 1.17 bits per heavy atom. The summed E-state index contributed by atoms with van der Waals surface area (Å²) in [6, 6.07) is 30.9. The van der Waals surface area contributed by atoms with Crippen LogP contribution in [-0.2, 0) is 10.0 Å². The van der Waals surface area contributed by atoms with Crippen molar-refractivity contribution in [2.24, 2.45) is 0 Å². The van der Waals surface area contributed by atoms with Crippen LogP contribution in [0.15, 0.2) is 103 Å². The molecule has 0 aliphatic carbocycles. The van der Waals surface area contributed by atoms with Crippen molar-refractivity contribution >= 4 is 18.7 Å². The molecular formula is C27H32O2Si. The Morgan fingerprint density at radius 3 is 1.60 bits per heavy atom. The predicted molar refractivity (Wildman–Crippen MR) is 129 cm³/mol. The van der Waals surface area contributed by atoms with Gasteiger partial charge in [0.2, 0.25) is 0 Å². The molecule has 0 spiro atoms. The van der Waals surface area contributed by atoms with Crippen molar-refractivity contribution in [1.29, 1.82) is 0 Å². The largest absolute Gasteiger partial charge is 0.404 e. The summed E-state index contributed by atoms with van der Waals surface area (Å²) in [5.41, 5.74) is -0.164. The molecule has 3 heteroatoms. The van der Waals surface area contributed by atoms with E-state index in [4.69, 9.17) is 4.43 Å². The van der Waals surface area contributed by atoms with Crippen LogP contribution >= 0.6 is 0 Å². The second kappa shape index (κ2) is 9.13. The van der Waals surface area contributed by atoms with Gasteiger partial charge >= 0.3 is 0 Å². The number of hydrogen-bond acceptors (Lipinski definition) is 2. The maximum atomic E-state index is 10.9. The minimum absolute atomic E-state index is 0.0640. The lowest BCUT2D eigenvalue weighted by molar-refractivity contribution is 0.110. The number of hydrogen-bond donors (Lipinski definition) is 1. The Kier molecular flexibility index (Phi) is 6.76. The lowest BCUT2D eigenvalue weighted by atomic mass is 9.96. The van der Waals surface area contributed by atoms with E-state index in [0.717, 1.165) is 5.56 Å². The quantitative estimate of drug-likeness (QED) is 0.432. The van der Waals surface area contributed by atoms with E-state index >= 15 is 0 Å². The van der Waals surface area contributed by atoms with Crippen LogP contribution in [0.4, 0.5) is 0 Å². The highest BCUT2D eigenvalue weighted by atomic mass is 28.4. The Morgan fingerprint density at radius 1 is 0.733 bits per heavy atom. The van der Waals surface area contributed by atoms with Crippen LogP contribution in [0.5, 0.6) is 0 Å². The highest BCUT2D eigenvalue weighted by Crippen LogP contribution is 2.36. The molecule has 0 aliphatic rings. The smallest absolute Gasteiger partial charge is 0.261 e. The fourth-order valence-electron chi connectivity index (χ4n) is 4.08. The fraction of sp³-hybridized carbons (Fsp3) is 0.259. The SMILES string of the molecule is CC(O)(/C=C/CO[Si](c1ccccc1)(c1ccccc1)C(C)(C)C)c1ccccc1. The Labute approximate surface area is 182 Å². The van der Waals surface area contributed by atoms with Crippen molar-refractivity contribution in [1.82, 2.24) is 0 Å². The maximum absolute atomic E-state index is 10.9. The van der Waals surface area contributed by atoms with E-state index in [2.05, 4.69) is 69.3 Å². The van der Waals surface area contributed by atoms with E-state index < -0.39 is 13.9 Å². The average Bonchev–Trinajstić information content (AvgIpc) is 2.75. The van der Waals surface area contributed by atoms with Gasteiger partial charge in [-0.05, 0) is 27.9 Å². The zero-order chi connectivity index (χ0) is 21.7. The number of rotatable bonds is 7. The topological polar surface area (TPSA) is 29.5 Å². The van der Waals surface area contributed by atoms with Crippen LogP contribution in [0.25, 0.3) is 0 Å². The molecule has 0 bridgehead atoms. The van der Waals surface area contributed by atoms with Gasteiger partial charge in [-0.25, -0.2) is 0 Å². The molecular weight excluding hydrogens is 384 g/mol. The molecule has 0 radical (unpaired) electrons. The van der Waals surface area contributed by atoms with Crippen molar-refractivity contribution in [3.8, 4) is 0 Å². The van der Waals surface area contributed by atoms with Crippen LogP contribution < -0.4 is 10.4 Å². The summed E-state index contributed by atoms with van der Waals surface area (Å²) in [4.78, 5) is 0. The lowest BCUT2D eigenvalue weighted by Gasteiger charge is -2.42. The molecule has 0 fully saturated rings. The summed E-state index contributed by atoms with van der Waals surface area (Å²) in [5, 5.41) is 13.3. The van der Waals surface area contributed by atoms with Crippen molar-refractivity contribution in [3.05, 3.63) is 109 Å². The Hall–Kier alpha value is -2.46. The minimum Gasteiger partial charge on any atom is -0.404 e. The molecule has 30 heavy (non-hydrogen) atoms. The summed E-state index contributed by atoms with van der Waals surface area (Å²) in [7, 11) is -2.56. The van der Waals surface area contributed by atoms with Crippen LogP contribution in [0.2, 0.25) is 5.04 Å². The Bertz CT molecular complexity index is 903. The summed E-state index contributed by atoms with van der Waals surface area (Å²) >= 11 is 0. The predicted octanol–water partition coefficient (Wildman–Crippen LogP) is 5.03. The molecule has 1 N–H and O–H groups in total. The standard InChI is InChI=1S/C27H32O2Si/c1-26(2,3)30(24-17-10-6-11-18-24,25-19-12-7-13-20-25)29-22-14-21-27(4,28)23-15-8-5-9-16-23/h5-21,28H,22H2,1-4H3/b21-14+. The summed E-state index contributed by atoms with van der Waals surface area (Å²) in [5.74, 6) is 0. The van der Waals surface area contributed by atoms with E-state index in [1.54, 1.807) is 0 Å². The van der Waals surface area contributed by atoms with Crippen molar-refractivity contribution in [3.63, 3.8) is 0 Å². The van der Waals surface area contributed by atoms with Gasteiger partial charge in [-0.15, -0.1) is 0 Å². The molecule has 0 aliphatic heterocycles. The second-order valence-corrected chi connectivity index (χ2v) is 13.2. The van der Waals surface area contributed by atoms with Gasteiger partial charge in [0.05, 0.1) is 6.61 Å². The molecule has 0 saturated heterocycles. The molecule has 2 nitrogen and oxygen atoms in total. The molecule has 1 unspecified atom stereocenters. The van der Waals surface area contributed by atoms with Crippen molar-refractivity contribution in [2.75, 3.05) is 6.61 Å². The summed E-state index contributed by atoms with van der Waals surface area (Å²) < 4.78 is 6.84. The maximum Gasteiger partial charge on any atom is 0.261 e. The molecule has 3 aromatic rings. The molecule has 0 aromatic heterocycles. The average molecular weight is 417 g/mol. The van der Waals surface area contributed by atoms with E-state index in [-0.39, 0.29) is 5.04 Å². The first-order valence-electron chi connectivity index (χ1n) is 10.5. The number of benzene rings is 3. The van der Waals surface area contributed by atoms with Crippen LogP contribution in [0, 0.1) is 0 Å². The first-order chi connectivity index (χ1) is 14.3. The van der Waals surface area contributed by atoms with Crippen LogP contribution in [-0.4, -0.2) is 20.0 Å². The first-order valence-corrected chi connectivity index (χ1v) is 12.4. The molecule has 3 rings (SSSR count). The van der Waals surface area contributed by atoms with Gasteiger partial charge in [0.15, 0.2) is 0 Å². The zero-order valence-electron chi connectivity index (χ0n) is 18.4. The van der Waals surface area contributed by atoms with E-state index in [1.807, 2.05) is 61.5 Å². The molecule has 3 aromatic carbocycles. The zero-order valence-corrected chi connectivity index (χ0v) is 19.4. The molecule has 0 amide bonds. The molecule has 0 heterocycles. The fourth-order valence-corrected chi connectivity index (χ4v) is 8.59. The number of aliphatic hydroxyl groups is 1. The van der Waals surface area contributed by atoms with Gasteiger partial charge in [0.25, 0.3) is 8.32 Å². The van der Waals surface area contributed by atoms with Gasteiger partial charge in [-0.3, -0.25) is 0 Å². The first kappa shape index (κ1) is 22.2. The molecule has 156 valence electrons. The van der Waals surface area contributed by atoms with Crippen LogP contribution in [0.3, 0.4) is 0 Å². The van der Waals surface area contributed by atoms with Gasteiger partial charge in [-0.1, -0.05) is 124 Å². The van der Waals surface area contributed by atoms with Gasteiger partial charge in [-0.2, -0.15) is 0 Å². The minimum atomic E-state index is -2.56.